The van der Waals surface area contributed by atoms with Crippen LogP contribution < -0.4 is 5.73 Å². The standard InChI is InChI=1S/C12H14FN3OS/c1-2-3-12-15-11(16-17-12)7-18-10-5-8(13)4-9(14)6-10/h4-6H,2-3,7,14H2,1H3. The lowest BCUT2D eigenvalue weighted by atomic mass is 10.3. The van der Waals surface area contributed by atoms with Gasteiger partial charge >= 0.3 is 0 Å². The minimum Gasteiger partial charge on any atom is -0.399 e. The molecule has 0 atom stereocenters. The summed E-state index contributed by atoms with van der Waals surface area (Å²) >= 11 is 1.43. The number of aromatic nitrogens is 2. The Balaban J connectivity index is 1.97. The van der Waals surface area contributed by atoms with E-state index in [0.717, 1.165) is 17.7 Å². The molecule has 1 aromatic carbocycles. The zero-order valence-electron chi connectivity index (χ0n) is 10.0. The summed E-state index contributed by atoms with van der Waals surface area (Å²) in [5.41, 5.74) is 5.98. The van der Waals surface area contributed by atoms with E-state index in [9.17, 15) is 4.39 Å². The van der Waals surface area contributed by atoms with Crippen LogP contribution in [0.2, 0.25) is 0 Å². The highest BCUT2D eigenvalue weighted by atomic mass is 32.2. The molecule has 0 aliphatic rings. The summed E-state index contributed by atoms with van der Waals surface area (Å²) in [7, 11) is 0. The molecule has 0 amide bonds. The number of nitrogens with zero attached hydrogens (tertiary/aromatic N) is 2. The van der Waals surface area contributed by atoms with Gasteiger partial charge < -0.3 is 10.3 Å². The molecule has 96 valence electrons. The highest BCUT2D eigenvalue weighted by molar-refractivity contribution is 7.98. The van der Waals surface area contributed by atoms with Gasteiger partial charge in [0.25, 0.3) is 0 Å². The lowest BCUT2D eigenvalue weighted by Gasteiger charge is -2.00. The number of hydrogen-bond acceptors (Lipinski definition) is 5. The van der Waals surface area contributed by atoms with Crippen molar-refractivity contribution in [2.24, 2.45) is 0 Å². The number of aryl methyl sites for hydroxylation is 1. The predicted molar refractivity (Wildman–Crippen MR) is 68.7 cm³/mol. The third-order valence-corrected chi connectivity index (χ3v) is 3.21. The molecule has 0 saturated heterocycles. The third-order valence-electron chi connectivity index (χ3n) is 2.24. The maximum Gasteiger partial charge on any atom is 0.226 e. The molecule has 0 bridgehead atoms. The SMILES string of the molecule is CCCc1nc(CSc2cc(N)cc(F)c2)no1. The van der Waals surface area contributed by atoms with E-state index in [0.29, 0.717) is 23.2 Å². The molecule has 0 saturated carbocycles. The molecule has 4 nitrogen and oxygen atoms in total. The maximum atomic E-state index is 13.1. The summed E-state index contributed by atoms with van der Waals surface area (Å²) in [6.45, 7) is 2.05. The molecule has 2 rings (SSSR count). The largest absolute Gasteiger partial charge is 0.399 e. The minimum absolute atomic E-state index is 0.336. The molecule has 1 aromatic heterocycles. The van der Waals surface area contributed by atoms with E-state index in [1.807, 2.05) is 6.92 Å². The summed E-state index contributed by atoms with van der Waals surface area (Å²) in [4.78, 5) is 4.99. The number of nitrogen functional groups attached to an aromatic ring is 1. The maximum absolute atomic E-state index is 13.1. The van der Waals surface area contributed by atoms with Gasteiger partial charge in [-0.2, -0.15) is 4.98 Å². The van der Waals surface area contributed by atoms with E-state index in [-0.39, 0.29) is 5.82 Å². The molecule has 2 N–H and O–H groups in total. The molecule has 18 heavy (non-hydrogen) atoms. The van der Waals surface area contributed by atoms with Crippen LogP contribution in [0.1, 0.15) is 25.1 Å². The van der Waals surface area contributed by atoms with Crippen LogP contribution in [0, 0.1) is 5.82 Å². The van der Waals surface area contributed by atoms with Crippen LogP contribution in [0.3, 0.4) is 0 Å². The first kappa shape index (κ1) is 12.9. The molecule has 0 aliphatic carbocycles. The Labute approximate surface area is 109 Å². The molecule has 0 aliphatic heterocycles. The van der Waals surface area contributed by atoms with Gasteiger partial charge in [-0.15, -0.1) is 11.8 Å². The Morgan fingerprint density at radius 2 is 2.22 bits per heavy atom. The van der Waals surface area contributed by atoms with Gasteiger partial charge in [-0.25, -0.2) is 4.39 Å². The van der Waals surface area contributed by atoms with Crippen molar-refractivity contribution in [2.45, 2.75) is 30.4 Å². The summed E-state index contributed by atoms with van der Waals surface area (Å²) in [5.74, 6) is 1.46. The smallest absolute Gasteiger partial charge is 0.226 e. The second-order valence-electron chi connectivity index (χ2n) is 3.86. The van der Waals surface area contributed by atoms with Gasteiger partial charge in [-0.1, -0.05) is 12.1 Å². The van der Waals surface area contributed by atoms with Crippen LogP contribution in [-0.2, 0) is 12.2 Å². The third kappa shape index (κ3) is 3.46. The number of rotatable bonds is 5. The van der Waals surface area contributed by atoms with E-state index < -0.39 is 0 Å². The predicted octanol–water partition coefficient (Wildman–Crippen LogP) is 3.04. The van der Waals surface area contributed by atoms with Gasteiger partial charge in [0.2, 0.25) is 5.89 Å². The van der Waals surface area contributed by atoms with Gasteiger partial charge in [0.1, 0.15) is 5.82 Å². The van der Waals surface area contributed by atoms with E-state index in [2.05, 4.69) is 10.1 Å². The summed E-state index contributed by atoms with van der Waals surface area (Å²) in [6, 6.07) is 4.45. The van der Waals surface area contributed by atoms with Crippen LogP contribution in [0.4, 0.5) is 10.1 Å². The number of nitrogens with two attached hydrogens (primary N) is 1. The molecule has 0 spiro atoms. The number of halogens is 1. The summed E-state index contributed by atoms with van der Waals surface area (Å²) < 4.78 is 18.2. The van der Waals surface area contributed by atoms with E-state index in [1.54, 1.807) is 6.07 Å². The topological polar surface area (TPSA) is 64.9 Å². The van der Waals surface area contributed by atoms with Crippen LogP contribution in [0.15, 0.2) is 27.6 Å². The molecule has 0 fully saturated rings. The van der Waals surface area contributed by atoms with Gasteiger partial charge in [0.15, 0.2) is 5.82 Å². The normalized spacial score (nSPS) is 10.8. The monoisotopic (exact) mass is 267 g/mol. The Morgan fingerprint density at radius 1 is 1.39 bits per heavy atom. The van der Waals surface area contributed by atoms with Gasteiger partial charge in [-0.05, 0) is 24.6 Å². The number of benzene rings is 1. The quantitative estimate of drug-likeness (QED) is 0.666. The second-order valence-corrected chi connectivity index (χ2v) is 4.91. The highest BCUT2D eigenvalue weighted by Gasteiger charge is 2.06. The zero-order valence-corrected chi connectivity index (χ0v) is 10.8. The van der Waals surface area contributed by atoms with Crippen LogP contribution in [-0.4, -0.2) is 10.1 Å². The van der Waals surface area contributed by atoms with E-state index in [1.165, 1.54) is 23.9 Å². The fourth-order valence-corrected chi connectivity index (χ4v) is 2.31. The Morgan fingerprint density at radius 3 is 2.94 bits per heavy atom. The molecular weight excluding hydrogens is 253 g/mol. The lowest BCUT2D eigenvalue weighted by molar-refractivity contribution is 0.373. The van der Waals surface area contributed by atoms with Crippen molar-refractivity contribution < 1.29 is 8.91 Å². The summed E-state index contributed by atoms with van der Waals surface area (Å²) in [6.07, 6.45) is 1.75. The Kier molecular flexibility index (Phi) is 4.19. The van der Waals surface area contributed by atoms with E-state index >= 15 is 0 Å². The van der Waals surface area contributed by atoms with Gasteiger partial charge in [0.05, 0.1) is 5.75 Å². The van der Waals surface area contributed by atoms with Crippen LogP contribution in [0.25, 0.3) is 0 Å². The van der Waals surface area contributed by atoms with Gasteiger partial charge in [-0.3, -0.25) is 0 Å². The molecule has 6 heteroatoms. The van der Waals surface area contributed by atoms with Crippen molar-refractivity contribution in [3.8, 4) is 0 Å². The Hall–Kier alpha value is -1.56. The first-order valence-electron chi connectivity index (χ1n) is 5.67. The lowest BCUT2D eigenvalue weighted by Crippen LogP contribution is -1.89. The number of thioether (sulfide) groups is 1. The fraction of sp³-hybridized carbons (Fsp3) is 0.333. The first-order chi connectivity index (χ1) is 8.67. The van der Waals surface area contributed by atoms with Crippen molar-refractivity contribution in [3.05, 3.63) is 35.7 Å². The minimum atomic E-state index is -0.336. The molecular formula is C12H14FN3OS. The molecule has 0 radical (unpaired) electrons. The first-order valence-corrected chi connectivity index (χ1v) is 6.66. The van der Waals surface area contributed by atoms with Crippen molar-refractivity contribution in [1.29, 1.82) is 0 Å². The molecule has 0 unspecified atom stereocenters. The number of hydrogen-bond donors (Lipinski definition) is 1. The van der Waals surface area contributed by atoms with Crippen molar-refractivity contribution in [2.75, 3.05) is 5.73 Å². The fourth-order valence-electron chi connectivity index (χ4n) is 1.48. The average molecular weight is 267 g/mol. The average Bonchev–Trinajstić information content (AvgIpc) is 2.74. The van der Waals surface area contributed by atoms with Gasteiger partial charge in [0, 0.05) is 17.0 Å². The molecule has 2 aromatic rings. The summed E-state index contributed by atoms with van der Waals surface area (Å²) in [5, 5.41) is 3.86. The van der Waals surface area contributed by atoms with E-state index in [4.69, 9.17) is 10.3 Å². The second kappa shape index (κ2) is 5.86. The Bertz CT molecular complexity index is 510. The molecule has 1 heterocycles. The van der Waals surface area contributed by atoms with Crippen LogP contribution in [0.5, 0.6) is 0 Å². The highest BCUT2D eigenvalue weighted by Crippen LogP contribution is 2.24. The van der Waals surface area contributed by atoms with Crippen molar-refractivity contribution in [1.82, 2.24) is 10.1 Å². The van der Waals surface area contributed by atoms with Crippen molar-refractivity contribution >= 4 is 17.4 Å². The van der Waals surface area contributed by atoms with Crippen molar-refractivity contribution in [3.63, 3.8) is 0 Å². The number of anilines is 1. The zero-order chi connectivity index (χ0) is 13.0. The van der Waals surface area contributed by atoms with Crippen LogP contribution >= 0.6 is 11.8 Å².